The van der Waals surface area contributed by atoms with Crippen molar-refractivity contribution in [3.05, 3.63) is 54.0 Å². The molecule has 2 rings (SSSR count). The van der Waals surface area contributed by atoms with E-state index in [1.165, 1.54) is 23.2 Å². The molecule has 0 saturated heterocycles. The van der Waals surface area contributed by atoms with Crippen molar-refractivity contribution in [3.63, 3.8) is 0 Å². The average molecular weight is 259 g/mol. The van der Waals surface area contributed by atoms with Gasteiger partial charge in [0.1, 0.15) is 11.6 Å². The number of hydrogen-bond donors (Lipinski definition) is 1. The SMILES string of the molecule is CN(C(=O)Cc1cccc(F)c1)c1ccc(N)nc1. The zero-order valence-electron chi connectivity index (χ0n) is 10.5. The number of amides is 1. The second-order valence-electron chi connectivity index (χ2n) is 4.20. The number of nitrogens with zero attached hydrogens (tertiary/aromatic N) is 2. The summed E-state index contributed by atoms with van der Waals surface area (Å²) in [6.45, 7) is 0. The molecule has 0 radical (unpaired) electrons. The number of pyridine rings is 1. The van der Waals surface area contributed by atoms with Crippen LogP contribution in [-0.2, 0) is 11.2 Å². The van der Waals surface area contributed by atoms with Gasteiger partial charge >= 0.3 is 0 Å². The first kappa shape index (κ1) is 13.0. The fourth-order valence-electron chi connectivity index (χ4n) is 1.68. The number of carbonyl (C=O) groups is 1. The Balaban J connectivity index is 2.09. The fourth-order valence-corrected chi connectivity index (χ4v) is 1.68. The minimum Gasteiger partial charge on any atom is -0.384 e. The maximum absolute atomic E-state index is 13.0. The average Bonchev–Trinajstić information content (AvgIpc) is 2.39. The summed E-state index contributed by atoms with van der Waals surface area (Å²) in [6.07, 6.45) is 1.66. The van der Waals surface area contributed by atoms with Crippen LogP contribution in [-0.4, -0.2) is 17.9 Å². The lowest BCUT2D eigenvalue weighted by molar-refractivity contribution is -0.117. The summed E-state index contributed by atoms with van der Waals surface area (Å²) in [5.74, 6) is -0.0889. The van der Waals surface area contributed by atoms with Crippen molar-refractivity contribution in [1.29, 1.82) is 0 Å². The molecule has 0 aliphatic rings. The summed E-state index contributed by atoms with van der Waals surface area (Å²) in [5.41, 5.74) is 6.77. The number of anilines is 2. The maximum Gasteiger partial charge on any atom is 0.231 e. The van der Waals surface area contributed by atoms with Crippen LogP contribution in [0.2, 0.25) is 0 Å². The van der Waals surface area contributed by atoms with E-state index in [0.717, 1.165) is 0 Å². The van der Waals surface area contributed by atoms with E-state index in [9.17, 15) is 9.18 Å². The molecule has 1 heterocycles. The second kappa shape index (κ2) is 5.48. The zero-order chi connectivity index (χ0) is 13.8. The Morgan fingerprint density at radius 3 is 2.79 bits per heavy atom. The molecule has 0 fully saturated rings. The van der Waals surface area contributed by atoms with Crippen molar-refractivity contribution in [1.82, 2.24) is 4.98 Å². The Bertz CT molecular complexity index is 583. The van der Waals surface area contributed by atoms with Gasteiger partial charge in [-0.25, -0.2) is 9.37 Å². The van der Waals surface area contributed by atoms with Gasteiger partial charge in [0.25, 0.3) is 0 Å². The van der Waals surface area contributed by atoms with Gasteiger partial charge < -0.3 is 10.6 Å². The number of likely N-dealkylation sites (N-methyl/N-ethyl adjacent to an activating group) is 1. The normalized spacial score (nSPS) is 10.2. The van der Waals surface area contributed by atoms with Crippen molar-refractivity contribution >= 4 is 17.4 Å². The molecule has 4 nitrogen and oxygen atoms in total. The van der Waals surface area contributed by atoms with Gasteiger partial charge in [0.15, 0.2) is 0 Å². The zero-order valence-corrected chi connectivity index (χ0v) is 10.5. The number of rotatable bonds is 3. The molecule has 2 N–H and O–H groups in total. The molecule has 0 aliphatic heterocycles. The molecular formula is C14H14FN3O. The molecule has 5 heteroatoms. The first-order chi connectivity index (χ1) is 9.06. The number of aromatic nitrogens is 1. The predicted molar refractivity (Wildman–Crippen MR) is 72.2 cm³/mol. The van der Waals surface area contributed by atoms with Crippen molar-refractivity contribution < 1.29 is 9.18 Å². The highest BCUT2D eigenvalue weighted by atomic mass is 19.1. The lowest BCUT2D eigenvalue weighted by atomic mass is 10.1. The lowest BCUT2D eigenvalue weighted by Crippen LogP contribution is -2.28. The number of nitrogens with two attached hydrogens (primary N) is 1. The van der Waals surface area contributed by atoms with Gasteiger partial charge in [-0.2, -0.15) is 0 Å². The van der Waals surface area contributed by atoms with Crippen molar-refractivity contribution in [3.8, 4) is 0 Å². The predicted octanol–water partition coefficient (Wildman–Crippen LogP) is 2.01. The first-order valence-electron chi connectivity index (χ1n) is 5.79. The highest BCUT2D eigenvalue weighted by Gasteiger charge is 2.12. The molecule has 19 heavy (non-hydrogen) atoms. The monoisotopic (exact) mass is 259 g/mol. The van der Waals surface area contributed by atoms with E-state index in [2.05, 4.69) is 4.98 Å². The van der Waals surface area contributed by atoms with Gasteiger partial charge in [0.2, 0.25) is 5.91 Å². The topological polar surface area (TPSA) is 59.2 Å². The molecule has 0 unspecified atom stereocenters. The van der Waals surface area contributed by atoms with Crippen molar-refractivity contribution in [2.75, 3.05) is 17.7 Å². The maximum atomic E-state index is 13.0. The molecular weight excluding hydrogens is 245 g/mol. The Hall–Kier alpha value is -2.43. The third-order valence-corrected chi connectivity index (χ3v) is 2.78. The fraction of sp³-hybridized carbons (Fsp3) is 0.143. The summed E-state index contributed by atoms with van der Waals surface area (Å²) in [5, 5.41) is 0. The first-order valence-corrected chi connectivity index (χ1v) is 5.79. The molecule has 0 bridgehead atoms. The molecule has 1 aromatic heterocycles. The van der Waals surface area contributed by atoms with E-state index in [0.29, 0.717) is 17.1 Å². The largest absolute Gasteiger partial charge is 0.384 e. The standard InChI is InChI=1S/C14H14FN3O/c1-18(12-5-6-13(16)17-9-12)14(19)8-10-3-2-4-11(15)7-10/h2-7,9H,8H2,1H3,(H2,16,17). The highest BCUT2D eigenvalue weighted by Crippen LogP contribution is 2.14. The molecule has 2 aromatic rings. The molecule has 0 atom stereocenters. The number of benzene rings is 1. The van der Waals surface area contributed by atoms with Crippen LogP contribution in [0, 0.1) is 5.82 Å². The van der Waals surface area contributed by atoms with Crippen LogP contribution in [0.5, 0.6) is 0 Å². The third-order valence-electron chi connectivity index (χ3n) is 2.78. The van der Waals surface area contributed by atoms with Crippen LogP contribution in [0.15, 0.2) is 42.6 Å². The molecule has 0 aliphatic carbocycles. The smallest absolute Gasteiger partial charge is 0.231 e. The molecule has 1 aromatic carbocycles. The minimum absolute atomic E-state index is 0.138. The van der Waals surface area contributed by atoms with Gasteiger partial charge in [0.05, 0.1) is 18.3 Å². The molecule has 1 amide bonds. The Labute approximate surface area is 110 Å². The van der Waals surface area contributed by atoms with E-state index < -0.39 is 0 Å². The third kappa shape index (κ3) is 3.28. The van der Waals surface area contributed by atoms with Gasteiger partial charge in [-0.1, -0.05) is 12.1 Å². The van der Waals surface area contributed by atoms with E-state index >= 15 is 0 Å². The van der Waals surface area contributed by atoms with Crippen LogP contribution in [0.25, 0.3) is 0 Å². The Morgan fingerprint density at radius 2 is 2.16 bits per heavy atom. The van der Waals surface area contributed by atoms with Crippen LogP contribution in [0.3, 0.4) is 0 Å². The van der Waals surface area contributed by atoms with Crippen LogP contribution in [0.1, 0.15) is 5.56 Å². The number of hydrogen-bond acceptors (Lipinski definition) is 3. The quantitative estimate of drug-likeness (QED) is 0.917. The Morgan fingerprint density at radius 1 is 1.37 bits per heavy atom. The second-order valence-corrected chi connectivity index (χ2v) is 4.20. The van der Waals surface area contributed by atoms with E-state index in [4.69, 9.17) is 5.73 Å². The minimum atomic E-state index is -0.345. The van der Waals surface area contributed by atoms with E-state index in [1.807, 2.05) is 0 Å². The van der Waals surface area contributed by atoms with E-state index in [1.54, 1.807) is 31.3 Å². The molecule has 98 valence electrons. The molecule has 0 saturated carbocycles. The number of nitrogen functional groups attached to an aromatic ring is 1. The summed E-state index contributed by atoms with van der Waals surface area (Å²) >= 11 is 0. The van der Waals surface area contributed by atoms with Crippen LogP contribution in [0.4, 0.5) is 15.9 Å². The van der Waals surface area contributed by atoms with Gasteiger partial charge in [-0.05, 0) is 29.8 Å². The summed E-state index contributed by atoms with van der Waals surface area (Å²) in [6, 6.07) is 9.35. The van der Waals surface area contributed by atoms with Gasteiger partial charge in [0, 0.05) is 7.05 Å². The lowest BCUT2D eigenvalue weighted by Gasteiger charge is -2.17. The molecule has 0 spiro atoms. The van der Waals surface area contributed by atoms with E-state index in [-0.39, 0.29) is 18.1 Å². The summed E-state index contributed by atoms with van der Waals surface area (Å²) in [4.78, 5) is 17.5. The van der Waals surface area contributed by atoms with Crippen LogP contribution < -0.4 is 10.6 Å². The van der Waals surface area contributed by atoms with Crippen molar-refractivity contribution in [2.24, 2.45) is 0 Å². The summed E-state index contributed by atoms with van der Waals surface area (Å²) in [7, 11) is 1.65. The van der Waals surface area contributed by atoms with Gasteiger partial charge in [-0.15, -0.1) is 0 Å². The van der Waals surface area contributed by atoms with Crippen molar-refractivity contribution in [2.45, 2.75) is 6.42 Å². The number of halogens is 1. The summed E-state index contributed by atoms with van der Waals surface area (Å²) < 4.78 is 13.0. The number of carbonyl (C=O) groups excluding carboxylic acids is 1. The highest BCUT2D eigenvalue weighted by molar-refractivity contribution is 5.94. The Kier molecular flexibility index (Phi) is 3.75. The van der Waals surface area contributed by atoms with Gasteiger partial charge in [-0.3, -0.25) is 4.79 Å². The van der Waals surface area contributed by atoms with Crippen LogP contribution >= 0.6 is 0 Å².